The number of nitriles is 1. The van der Waals surface area contributed by atoms with Gasteiger partial charge in [-0.15, -0.1) is 0 Å². The molecule has 18 nitrogen and oxygen atoms in total. The standard InChI is InChI=1S/C31H30N4O4.C24H26BrN3O4.C7H6BNO2/c1-20(2)16-28(35-19-33-26-15-8-6-13-24(26)31(35)38)30(37)34-27(18-29(36)39-4)22-11-9-10-21(17-22)23-12-5-7-14-25(23)32-3;1-15(2)11-21(28-14-26-19-10-5-4-9-18(19)24(28)31)23(30)27-20(13-22(29)32-3)16-7-6-8-17(25)12-16;9-5-6-3-1-2-4-7(6)8(10)11/h5-15,17,19-20,27-28H,16,18H2,1-2,4H3,(H,34,37);4-10,12,14-15,20-21H,11,13H2,1-3H3,(H,27,30);1-4,10-11H/t27-,28-;20-,21-;/m00./s1. The first-order valence-electron chi connectivity index (χ1n) is 26.2. The number of nitrogens with zero attached hydrogens (tertiary/aromatic N) is 6. The van der Waals surface area contributed by atoms with Gasteiger partial charge in [0.1, 0.15) is 12.1 Å². The second kappa shape index (κ2) is 29.9. The van der Waals surface area contributed by atoms with Crippen LogP contribution in [0.2, 0.25) is 0 Å². The van der Waals surface area contributed by atoms with Crippen LogP contribution < -0.4 is 27.2 Å². The number of hydrogen-bond acceptors (Lipinski definition) is 13. The highest BCUT2D eigenvalue weighted by Gasteiger charge is 2.30. The van der Waals surface area contributed by atoms with E-state index < -0.39 is 49.1 Å². The van der Waals surface area contributed by atoms with Crippen molar-refractivity contribution in [2.75, 3.05) is 14.2 Å². The van der Waals surface area contributed by atoms with Crippen molar-refractivity contribution in [1.29, 1.82) is 5.26 Å². The maximum Gasteiger partial charge on any atom is 0.489 e. The number of ether oxygens (including phenoxy) is 2. The monoisotopic (exact) mass is 1170 g/mol. The number of carbonyl (C=O) groups is 4. The maximum absolute atomic E-state index is 13.8. The van der Waals surface area contributed by atoms with E-state index in [1.54, 1.807) is 66.7 Å². The number of halogens is 1. The third kappa shape index (κ3) is 16.5. The molecule has 0 aliphatic heterocycles. The van der Waals surface area contributed by atoms with Crippen LogP contribution in [0.4, 0.5) is 5.69 Å². The lowest BCUT2D eigenvalue weighted by Gasteiger charge is -2.25. The number of hydrogen-bond donors (Lipinski definition) is 4. The zero-order chi connectivity index (χ0) is 59.5. The Labute approximate surface area is 483 Å². The summed E-state index contributed by atoms with van der Waals surface area (Å²) in [6.07, 6.45) is 3.54. The number of methoxy groups -OCH3 is 2. The number of amides is 2. The van der Waals surface area contributed by atoms with Crippen molar-refractivity contribution >= 4 is 79.8 Å². The van der Waals surface area contributed by atoms with Crippen molar-refractivity contribution in [1.82, 2.24) is 29.7 Å². The van der Waals surface area contributed by atoms with Crippen LogP contribution in [0.25, 0.3) is 37.8 Å². The molecule has 4 atom stereocenters. The van der Waals surface area contributed by atoms with E-state index in [1.165, 1.54) is 48.1 Å². The topological polar surface area (TPSA) is 249 Å². The summed E-state index contributed by atoms with van der Waals surface area (Å²) >= 11 is 3.43. The highest BCUT2D eigenvalue weighted by Crippen LogP contribution is 2.33. The van der Waals surface area contributed by atoms with Crippen molar-refractivity contribution in [3.8, 4) is 17.2 Å². The van der Waals surface area contributed by atoms with E-state index in [0.29, 0.717) is 51.5 Å². The van der Waals surface area contributed by atoms with E-state index in [1.807, 2.05) is 100 Å². The van der Waals surface area contributed by atoms with Crippen LogP contribution >= 0.6 is 15.9 Å². The fourth-order valence-electron chi connectivity index (χ4n) is 9.02. The Kier molecular flexibility index (Phi) is 22.7. The second-order valence-electron chi connectivity index (χ2n) is 19.8. The van der Waals surface area contributed by atoms with Gasteiger partial charge in [-0.25, -0.2) is 14.8 Å². The number of fused-ring (bicyclic) bond motifs is 2. The van der Waals surface area contributed by atoms with Crippen molar-refractivity contribution < 1.29 is 38.7 Å². The van der Waals surface area contributed by atoms with Crippen molar-refractivity contribution in [3.05, 3.63) is 212 Å². The number of benzene rings is 6. The first-order valence-corrected chi connectivity index (χ1v) is 27.0. The second-order valence-corrected chi connectivity index (χ2v) is 20.7. The highest BCUT2D eigenvalue weighted by molar-refractivity contribution is 9.10. The Balaban J connectivity index is 0.000000225. The smallest absolute Gasteiger partial charge is 0.469 e. The van der Waals surface area contributed by atoms with Gasteiger partial charge in [0.2, 0.25) is 11.8 Å². The van der Waals surface area contributed by atoms with Gasteiger partial charge in [0.05, 0.1) is 91.8 Å². The molecule has 8 rings (SSSR count). The van der Waals surface area contributed by atoms with Crippen LogP contribution in [0, 0.1) is 29.7 Å². The molecule has 6 aromatic carbocycles. The molecule has 4 N–H and O–H groups in total. The summed E-state index contributed by atoms with van der Waals surface area (Å²) in [7, 11) is 1.04. The summed E-state index contributed by atoms with van der Waals surface area (Å²) in [6.45, 7) is 15.4. The molecule has 420 valence electrons. The molecule has 0 bridgehead atoms. The number of nitrogens with one attached hydrogen (secondary N) is 2. The fourth-order valence-corrected chi connectivity index (χ4v) is 9.44. The zero-order valence-electron chi connectivity index (χ0n) is 46.1. The Hall–Kier alpha value is -9.08. The minimum absolute atomic E-state index is 0.0298. The third-order valence-electron chi connectivity index (χ3n) is 13.1. The van der Waals surface area contributed by atoms with E-state index in [-0.39, 0.29) is 47.2 Å². The molecule has 2 amide bonds. The van der Waals surface area contributed by atoms with Gasteiger partial charge < -0.3 is 30.2 Å². The molecule has 0 spiro atoms. The molecule has 2 heterocycles. The SMILES string of the molecule is COC(=O)C[C@H](NC(=O)[C@H](CC(C)C)n1cnc2ccccc2c1=O)c1cccc(Br)c1.N#Cc1ccccc1B(O)O.[C-]#[N+]c1ccccc1-c1cccc([C@H](CC(=O)OC)NC(=O)[C@H](CC(C)C)n2cnc3ccccc3c2=O)c1. The maximum atomic E-state index is 13.8. The third-order valence-corrected chi connectivity index (χ3v) is 13.6. The minimum atomic E-state index is -1.56. The number of aromatic nitrogens is 4. The Bertz CT molecular complexity index is 3760. The molecule has 0 radical (unpaired) electrons. The van der Waals surface area contributed by atoms with Crippen LogP contribution in [-0.2, 0) is 28.7 Å². The normalized spacial score (nSPS) is 12.2. The van der Waals surface area contributed by atoms with E-state index >= 15 is 0 Å². The highest BCUT2D eigenvalue weighted by atomic mass is 79.9. The van der Waals surface area contributed by atoms with Crippen LogP contribution in [0.3, 0.4) is 0 Å². The first-order chi connectivity index (χ1) is 39.4. The predicted molar refractivity (Wildman–Crippen MR) is 317 cm³/mol. The molecule has 82 heavy (non-hydrogen) atoms. The summed E-state index contributed by atoms with van der Waals surface area (Å²) in [5.41, 5.74) is 4.58. The van der Waals surface area contributed by atoms with Gasteiger partial charge in [-0.3, -0.25) is 37.9 Å². The molecule has 0 fully saturated rings. The first kappa shape index (κ1) is 62.1. The largest absolute Gasteiger partial charge is 0.489 e. The Morgan fingerprint density at radius 2 is 1.12 bits per heavy atom. The van der Waals surface area contributed by atoms with Gasteiger partial charge in [-0.2, -0.15) is 5.26 Å². The number of esters is 2. The number of carbonyl (C=O) groups excluding carboxylic acids is 4. The molecule has 2 aromatic heterocycles. The van der Waals surface area contributed by atoms with E-state index in [2.05, 4.69) is 41.4 Å². The van der Waals surface area contributed by atoms with E-state index in [0.717, 1.165) is 21.2 Å². The summed E-state index contributed by atoms with van der Waals surface area (Å²) in [6, 6.07) is 41.4. The molecule has 0 saturated carbocycles. The molecule has 0 aliphatic carbocycles. The van der Waals surface area contributed by atoms with Crippen molar-refractivity contribution in [2.45, 2.75) is 77.5 Å². The Morgan fingerprint density at radius 1 is 0.659 bits per heavy atom. The van der Waals surface area contributed by atoms with Gasteiger partial charge in [0, 0.05) is 4.47 Å². The molecule has 0 saturated heterocycles. The van der Waals surface area contributed by atoms with Crippen molar-refractivity contribution in [3.63, 3.8) is 0 Å². The molecule has 20 heteroatoms. The summed E-state index contributed by atoms with van der Waals surface area (Å²) in [4.78, 5) is 90.5. The Morgan fingerprint density at radius 3 is 1.59 bits per heavy atom. The van der Waals surface area contributed by atoms with Gasteiger partial charge in [0.15, 0.2) is 5.69 Å². The van der Waals surface area contributed by atoms with Crippen LogP contribution in [-0.4, -0.2) is 74.2 Å². The molecule has 8 aromatic rings. The number of rotatable bonds is 18. The summed E-state index contributed by atoms with van der Waals surface area (Å²) in [5.74, 6) is -1.44. The number of para-hydroxylation sites is 3. The van der Waals surface area contributed by atoms with Gasteiger partial charge >= 0.3 is 19.1 Å². The van der Waals surface area contributed by atoms with E-state index in [9.17, 15) is 28.8 Å². The predicted octanol–water partition coefficient (Wildman–Crippen LogP) is 9.03. The zero-order valence-corrected chi connectivity index (χ0v) is 47.7. The van der Waals surface area contributed by atoms with Gasteiger partial charge in [-0.05, 0) is 94.9 Å². The lowest BCUT2D eigenvalue weighted by atomic mass is 9.77. The average molecular weight is 1170 g/mol. The lowest BCUT2D eigenvalue weighted by molar-refractivity contribution is -0.142. The average Bonchev–Trinajstić information content (AvgIpc) is 3.56. The van der Waals surface area contributed by atoms with Crippen LogP contribution in [0.15, 0.2) is 172 Å². The van der Waals surface area contributed by atoms with Gasteiger partial charge in [-0.1, -0.05) is 147 Å². The summed E-state index contributed by atoms with van der Waals surface area (Å²) in [5, 5.41) is 32.8. The van der Waals surface area contributed by atoms with Crippen LogP contribution in [0.5, 0.6) is 0 Å². The fraction of sp³-hybridized carbons (Fsp3) is 0.258. The van der Waals surface area contributed by atoms with Gasteiger partial charge in [0.25, 0.3) is 11.1 Å². The lowest BCUT2D eigenvalue weighted by Crippen LogP contribution is -2.40. The summed E-state index contributed by atoms with van der Waals surface area (Å²) < 4.78 is 13.3. The minimum Gasteiger partial charge on any atom is -0.469 e. The van der Waals surface area contributed by atoms with E-state index in [4.69, 9.17) is 31.4 Å². The van der Waals surface area contributed by atoms with Crippen LogP contribution in [0.1, 0.15) is 94.2 Å². The molecule has 0 unspecified atom stereocenters. The molecule has 0 aliphatic rings. The van der Waals surface area contributed by atoms with Crippen molar-refractivity contribution in [2.24, 2.45) is 11.8 Å². The molecular formula is C62H62BBrN8O10. The quantitative estimate of drug-likeness (QED) is 0.0356. The molecular weight excluding hydrogens is 1110 g/mol.